The summed E-state index contributed by atoms with van der Waals surface area (Å²) in [6.45, 7) is 2.37. The molecule has 0 atom stereocenters. The van der Waals surface area contributed by atoms with Gasteiger partial charge in [0.25, 0.3) is 0 Å². The second kappa shape index (κ2) is 8.80. The van der Waals surface area contributed by atoms with Gasteiger partial charge in [0.15, 0.2) is 5.78 Å². The van der Waals surface area contributed by atoms with Crippen molar-refractivity contribution in [2.75, 3.05) is 26.2 Å². The Labute approximate surface area is 162 Å². The molecule has 3 rings (SSSR count). The summed E-state index contributed by atoms with van der Waals surface area (Å²) >= 11 is 3.35. The summed E-state index contributed by atoms with van der Waals surface area (Å²) in [7, 11) is 0. The van der Waals surface area contributed by atoms with Crippen LogP contribution in [0.3, 0.4) is 0 Å². The van der Waals surface area contributed by atoms with Gasteiger partial charge in [-0.1, -0.05) is 40.9 Å². The van der Waals surface area contributed by atoms with Gasteiger partial charge < -0.3 is 9.80 Å². The van der Waals surface area contributed by atoms with E-state index >= 15 is 0 Å². The number of halogens is 1. The first-order valence-electron chi connectivity index (χ1n) is 9.40. The first kappa shape index (κ1) is 19.1. The van der Waals surface area contributed by atoms with Gasteiger partial charge >= 0.3 is 0 Å². The van der Waals surface area contributed by atoms with Crippen LogP contribution in [-0.2, 0) is 9.59 Å². The van der Waals surface area contributed by atoms with E-state index in [4.69, 9.17) is 0 Å². The molecule has 5 nitrogen and oxygen atoms in total. The molecule has 2 amide bonds. The highest BCUT2D eigenvalue weighted by atomic mass is 79.9. The fourth-order valence-electron chi connectivity index (χ4n) is 3.77. The van der Waals surface area contributed by atoms with Crippen molar-refractivity contribution in [3.05, 3.63) is 34.3 Å². The number of hydrogen-bond acceptors (Lipinski definition) is 3. The van der Waals surface area contributed by atoms with Gasteiger partial charge in [-0.25, -0.2) is 0 Å². The second-order valence-corrected chi connectivity index (χ2v) is 8.03. The molecule has 26 heavy (non-hydrogen) atoms. The van der Waals surface area contributed by atoms with Gasteiger partial charge in [-0.05, 0) is 25.0 Å². The molecule has 1 aromatic rings. The lowest BCUT2D eigenvalue weighted by atomic mass is 10.1. The summed E-state index contributed by atoms with van der Waals surface area (Å²) in [5.74, 6) is 0.449. The zero-order chi connectivity index (χ0) is 18.5. The summed E-state index contributed by atoms with van der Waals surface area (Å²) in [6, 6.07) is 7.19. The maximum absolute atomic E-state index is 12.4. The molecule has 0 bridgehead atoms. The predicted octanol–water partition coefficient (Wildman–Crippen LogP) is 3.27. The fraction of sp³-hybridized carbons (Fsp3) is 0.550. The molecule has 1 aliphatic heterocycles. The summed E-state index contributed by atoms with van der Waals surface area (Å²) in [5, 5.41) is 0. The summed E-state index contributed by atoms with van der Waals surface area (Å²) in [6.07, 6.45) is 4.78. The molecule has 0 spiro atoms. The standard InChI is InChI=1S/C20H25BrN2O3/c21-17-7-5-15(6-8-17)18(24)9-10-19(25)22-11-13-23(14-12-22)20(26)16-3-1-2-4-16/h5-8,16H,1-4,9-14H2. The number of piperazine rings is 1. The van der Waals surface area contributed by atoms with Crippen LogP contribution in [-0.4, -0.2) is 53.6 Å². The Kier molecular flexibility index (Phi) is 6.46. The minimum absolute atomic E-state index is 0.00317. The van der Waals surface area contributed by atoms with Crippen LogP contribution in [0.1, 0.15) is 48.9 Å². The quantitative estimate of drug-likeness (QED) is 0.686. The van der Waals surface area contributed by atoms with E-state index in [0.717, 1.165) is 30.2 Å². The molecular formula is C20H25BrN2O3. The largest absolute Gasteiger partial charge is 0.339 e. The predicted molar refractivity (Wildman–Crippen MR) is 103 cm³/mol. The van der Waals surface area contributed by atoms with Crippen molar-refractivity contribution in [2.45, 2.75) is 38.5 Å². The van der Waals surface area contributed by atoms with Crippen LogP contribution in [0, 0.1) is 5.92 Å². The Morgan fingerprint density at radius 1 is 0.885 bits per heavy atom. The molecular weight excluding hydrogens is 396 g/mol. The lowest BCUT2D eigenvalue weighted by Gasteiger charge is -2.36. The Hall–Kier alpha value is -1.69. The Bertz CT molecular complexity index is 660. The molecule has 0 N–H and O–H groups in total. The molecule has 2 aliphatic rings. The van der Waals surface area contributed by atoms with E-state index in [1.807, 2.05) is 17.0 Å². The highest BCUT2D eigenvalue weighted by molar-refractivity contribution is 9.10. The number of amides is 2. The fourth-order valence-corrected chi connectivity index (χ4v) is 4.03. The van der Waals surface area contributed by atoms with E-state index in [9.17, 15) is 14.4 Å². The molecule has 6 heteroatoms. The Morgan fingerprint density at radius 2 is 1.46 bits per heavy atom. The van der Waals surface area contributed by atoms with E-state index in [1.54, 1.807) is 17.0 Å². The highest BCUT2D eigenvalue weighted by Crippen LogP contribution is 2.27. The third-order valence-corrected chi connectivity index (χ3v) is 5.91. The van der Waals surface area contributed by atoms with Crippen LogP contribution in [0.15, 0.2) is 28.7 Å². The first-order chi connectivity index (χ1) is 12.5. The third kappa shape index (κ3) is 4.72. The third-order valence-electron chi connectivity index (χ3n) is 5.38. The zero-order valence-electron chi connectivity index (χ0n) is 15.0. The number of benzene rings is 1. The van der Waals surface area contributed by atoms with E-state index in [1.165, 1.54) is 0 Å². The van der Waals surface area contributed by atoms with E-state index in [-0.39, 0.29) is 36.4 Å². The van der Waals surface area contributed by atoms with Crippen molar-refractivity contribution >= 4 is 33.5 Å². The number of ketones is 1. The van der Waals surface area contributed by atoms with Crippen molar-refractivity contribution in [1.82, 2.24) is 9.80 Å². The molecule has 0 aromatic heterocycles. The van der Waals surface area contributed by atoms with Crippen molar-refractivity contribution in [1.29, 1.82) is 0 Å². The maximum Gasteiger partial charge on any atom is 0.225 e. The van der Waals surface area contributed by atoms with Crippen LogP contribution >= 0.6 is 15.9 Å². The van der Waals surface area contributed by atoms with Gasteiger partial charge in [0.1, 0.15) is 0 Å². The van der Waals surface area contributed by atoms with Crippen LogP contribution in [0.5, 0.6) is 0 Å². The topological polar surface area (TPSA) is 57.7 Å². The average molecular weight is 421 g/mol. The van der Waals surface area contributed by atoms with E-state index in [2.05, 4.69) is 15.9 Å². The number of hydrogen-bond donors (Lipinski definition) is 0. The highest BCUT2D eigenvalue weighted by Gasteiger charge is 2.30. The van der Waals surface area contributed by atoms with E-state index < -0.39 is 0 Å². The van der Waals surface area contributed by atoms with Gasteiger partial charge in [-0.2, -0.15) is 0 Å². The Morgan fingerprint density at radius 3 is 2.08 bits per heavy atom. The number of carbonyl (C=O) groups excluding carboxylic acids is 3. The molecule has 0 radical (unpaired) electrons. The molecule has 1 saturated carbocycles. The van der Waals surface area contributed by atoms with Crippen molar-refractivity contribution < 1.29 is 14.4 Å². The van der Waals surface area contributed by atoms with Gasteiger partial charge in [-0.3, -0.25) is 14.4 Å². The van der Waals surface area contributed by atoms with Crippen LogP contribution in [0.25, 0.3) is 0 Å². The second-order valence-electron chi connectivity index (χ2n) is 7.12. The van der Waals surface area contributed by atoms with Gasteiger partial charge in [-0.15, -0.1) is 0 Å². The minimum Gasteiger partial charge on any atom is -0.339 e. The van der Waals surface area contributed by atoms with E-state index in [0.29, 0.717) is 31.7 Å². The zero-order valence-corrected chi connectivity index (χ0v) is 16.5. The molecule has 1 heterocycles. The molecule has 1 saturated heterocycles. The number of nitrogens with zero attached hydrogens (tertiary/aromatic N) is 2. The molecule has 1 aliphatic carbocycles. The monoisotopic (exact) mass is 420 g/mol. The van der Waals surface area contributed by atoms with Crippen molar-refractivity contribution in [3.63, 3.8) is 0 Å². The van der Waals surface area contributed by atoms with Crippen LogP contribution in [0.4, 0.5) is 0 Å². The SMILES string of the molecule is O=C(CCC(=O)N1CCN(C(=O)C2CCCC2)CC1)c1ccc(Br)cc1. The van der Waals surface area contributed by atoms with Gasteiger partial charge in [0.2, 0.25) is 11.8 Å². The Balaban J connectivity index is 1.42. The first-order valence-corrected chi connectivity index (χ1v) is 10.2. The summed E-state index contributed by atoms with van der Waals surface area (Å²) in [4.78, 5) is 40.7. The molecule has 1 aromatic carbocycles. The minimum atomic E-state index is -0.0131. The van der Waals surface area contributed by atoms with Gasteiger partial charge in [0, 0.05) is 55.0 Å². The average Bonchev–Trinajstić information content (AvgIpc) is 3.20. The summed E-state index contributed by atoms with van der Waals surface area (Å²) < 4.78 is 0.926. The molecule has 2 fully saturated rings. The molecule has 140 valence electrons. The molecule has 0 unspecified atom stereocenters. The lowest BCUT2D eigenvalue weighted by molar-refractivity contribution is -0.142. The van der Waals surface area contributed by atoms with Crippen LogP contribution < -0.4 is 0 Å². The van der Waals surface area contributed by atoms with Crippen molar-refractivity contribution in [2.24, 2.45) is 5.92 Å². The van der Waals surface area contributed by atoms with Gasteiger partial charge in [0.05, 0.1) is 0 Å². The van der Waals surface area contributed by atoms with Crippen molar-refractivity contribution in [3.8, 4) is 0 Å². The number of Topliss-reactive ketones (excluding diaryl/α,β-unsaturated/α-hetero) is 1. The maximum atomic E-state index is 12.4. The lowest BCUT2D eigenvalue weighted by Crippen LogP contribution is -2.51. The summed E-state index contributed by atoms with van der Waals surface area (Å²) in [5.41, 5.74) is 0.632. The number of rotatable bonds is 5. The van der Waals surface area contributed by atoms with Crippen LogP contribution in [0.2, 0.25) is 0 Å². The smallest absolute Gasteiger partial charge is 0.225 e. The normalized spacial score (nSPS) is 18.2. The number of carbonyl (C=O) groups is 3.